The fourth-order valence-electron chi connectivity index (χ4n) is 17.4. The van der Waals surface area contributed by atoms with Gasteiger partial charge in [0, 0.05) is 55.1 Å². The highest BCUT2D eigenvalue weighted by molar-refractivity contribution is 7.91. The molecule has 6 aliphatic carbocycles. The lowest BCUT2D eigenvalue weighted by Crippen LogP contribution is -2.60. The number of nitrogens with zero attached hydrogens (tertiary/aromatic N) is 6. The molecule has 14 rings (SSSR count). The lowest BCUT2D eigenvalue weighted by Gasteiger charge is -2.36. The number of hydrogen-bond donors (Lipinski definition) is 6. The number of hydrogen-bond acceptors (Lipinski definition) is 22. The third kappa shape index (κ3) is 18.5. The Labute approximate surface area is 691 Å². The molecule has 0 bridgehead atoms. The Kier molecular flexibility index (Phi) is 24.0. The van der Waals surface area contributed by atoms with Crippen LogP contribution in [0.5, 0.6) is 23.3 Å². The lowest BCUT2D eigenvalue weighted by atomic mass is 9.85. The minimum Gasteiger partial charge on any atom is -0.497 e. The van der Waals surface area contributed by atoms with E-state index in [0.29, 0.717) is 104 Å². The maximum Gasteiger partial charge on any atom is 0.428 e. The van der Waals surface area contributed by atoms with Crippen molar-refractivity contribution in [1.29, 1.82) is 0 Å². The van der Waals surface area contributed by atoms with E-state index in [2.05, 4.69) is 26.0 Å². The van der Waals surface area contributed by atoms with Gasteiger partial charge in [0.1, 0.15) is 70.3 Å². The topological polar surface area (TPSA) is 390 Å². The summed E-state index contributed by atoms with van der Waals surface area (Å²) >= 11 is 0. The minimum atomic E-state index is -5.45. The number of ether oxygens (including phenoxy) is 6. The maximum absolute atomic E-state index is 16.0. The van der Waals surface area contributed by atoms with Crippen LogP contribution in [0.3, 0.4) is 0 Å². The minimum absolute atomic E-state index is 0.00766. The van der Waals surface area contributed by atoms with Gasteiger partial charge in [-0.2, -0.15) is 26.3 Å². The van der Waals surface area contributed by atoms with Gasteiger partial charge >= 0.3 is 24.5 Å². The van der Waals surface area contributed by atoms with Gasteiger partial charge in [0.2, 0.25) is 66.6 Å². The van der Waals surface area contributed by atoms with Crippen molar-refractivity contribution in [1.82, 2.24) is 60.4 Å². The number of alkyl halides is 6. The van der Waals surface area contributed by atoms with Crippen LogP contribution in [0.25, 0.3) is 22.1 Å². The van der Waals surface area contributed by atoms with Crippen LogP contribution in [0.1, 0.15) is 200 Å². The normalized spacial score (nSPS) is 30.7. The lowest BCUT2D eigenvalue weighted by molar-refractivity contribution is -0.255. The molecule has 6 N–H and O–H groups in total. The summed E-state index contributed by atoms with van der Waals surface area (Å²) in [5.74, 6) is -10.1. The Morgan fingerprint density at radius 3 is 1.42 bits per heavy atom. The zero-order valence-electron chi connectivity index (χ0n) is 68.3. The van der Waals surface area contributed by atoms with Crippen LogP contribution in [0, 0.1) is 41.4 Å². The number of amides is 8. The molecule has 8 amide bonds. The molecule has 2 saturated heterocycles. The molecule has 17 atom stereocenters. The molecule has 2 aromatic heterocycles. The molecule has 2 aromatic carbocycles. The molecule has 38 heteroatoms. The number of carbonyl (C=O) groups is 8. The zero-order valence-corrected chi connectivity index (χ0v) is 69.9. The Balaban J connectivity index is 0.712. The van der Waals surface area contributed by atoms with Gasteiger partial charge in [0.15, 0.2) is 0 Å². The van der Waals surface area contributed by atoms with Crippen molar-refractivity contribution in [2.24, 2.45) is 41.4 Å². The van der Waals surface area contributed by atoms with E-state index in [1.165, 1.54) is 14.2 Å². The molecule has 4 aliphatic heterocycles. The van der Waals surface area contributed by atoms with Gasteiger partial charge in [-0.05, 0) is 171 Å². The summed E-state index contributed by atoms with van der Waals surface area (Å²) < 4.78 is 185. The number of allylic oxidation sites excluding steroid dienone is 2. The van der Waals surface area contributed by atoms with Crippen molar-refractivity contribution in [2.75, 3.05) is 27.3 Å². The SMILES string of the molecule is CCC1CC(C)CCC=CC2CC2(C(=O)NS(=O)(=O)C2CC2CC(C)(OC(=O)NC2C(=O)N3CC(Oc4nc5cc(OC)ccc5nc4C4CC4)CC3C(=O)NC3(C(=O)NS(=O)(=O)C4CC4)CC3C=CCCC(C)CC2CC)C(F)(F)F)NC(=O)C2CC(Oc3nc4ccc(OC)cc4nc3C3CC3)CN2C(=O)C1NC(=O)OC(C)(C)C(F)(F)F. The van der Waals surface area contributed by atoms with Gasteiger partial charge < -0.3 is 59.5 Å². The average molecular weight is 1720 g/mol. The Morgan fingerprint density at radius 1 is 0.550 bits per heavy atom. The molecular formula is C82H104F6N12O18S2. The number of aromatic nitrogens is 4. The molecule has 0 radical (unpaired) electrons. The zero-order chi connectivity index (χ0) is 86.3. The van der Waals surface area contributed by atoms with Gasteiger partial charge in [0.05, 0.1) is 59.9 Å². The first kappa shape index (κ1) is 87.0. The summed E-state index contributed by atoms with van der Waals surface area (Å²) in [4.78, 5) is 141. The number of rotatable bonds is 22. The molecule has 0 spiro atoms. The number of benzene rings is 2. The summed E-state index contributed by atoms with van der Waals surface area (Å²) in [6.07, 6.45) is -5.56. The van der Waals surface area contributed by atoms with E-state index in [4.69, 9.17) is 48.4 Å². The number of sulfonamides is 2. The third-order valence-corrected chi connectivity index (χ3v) is 29.3. The Hall–Kier alpha value is -9.36. The maximum atomic E-state index is 16.0. The van der Waals surface area contributed by atoms with Crippen molar-refractivity contribution < 1.29 is 110 Å². The van der Waals surface area contributed by atoms with E-state index in [-0.39, 0.29) is 93.3 Å². The van der Waals surface area contributed by atoms with Crippen LogP contribution < -0.4 is 49.7 Å². The summed E-state index contributed by atoms with van der Waals surface area (Å²) in [6, 6.07) is 3.66. The first-order chi connectivity index (χ1) is 56.6. The van der Waals surface area contributed by atoms with Gasteiger partial charge in [0.25, 0.3) is 11.8 Å². The molecule has 30 nitrogen and oxygen atoms in total. The number of nitrogens with one attached hydrogen (secondary N) is 6. The summed E-state index contributed by atoms with van der Waals surface area (Å²) in [5, 5.41) is 7.87. The van der Waals surface area contributed by atoms with Gasteiger partial charge in [-0.25, -0.2) is 46.4 Å². The highest BCUT2D eigenvalue weighted by Crippen LogP contribution is 2.53. The molecular weight excluding hydrogens is 1620 g/mol. The Morgan fingerprint density at radius 2 is 0.983 bits per heavy atom. The van der Waals surface area contributed by atoms with Crippen LogP contribution in [0.2, 0.25) is 0 Å². The van der Waals surface area contributed by atoms with Crippen molar-refractivity contribution in [3.05, 3.63) is 72.1 Å². The molecule has 654 valence electrons. The number of alkyl carbamates (subject to hydrolysis) is 2. The van der Waals surface area contributed by atoms with E-state index < -0.39 is 198 Å². The molecule has 120 heavy (non-hydrogen) atoms. The fraction of sp³-hybridized carbons (Fsp3) is 0.659. The van der Waals surface area contributed by atoms with Gasteiger partial charge in [-0.3, -0.25) is 38.2 Å². The van der Waals surface area contributed by atoms with E-state index in [9.17, 15) is 44.4 Å². The van der Waals surface area contributed by atoms with Crippen molar-refractivity contribution in [2.45, 2.75) is 270 Å². The van der Waals surface area contributed by atoms with Gasteiger partial charge in [-0.1, -0.05) is 64.8 Å². The average Bonchev–Trinajstić information content (AvgIpc) is 1.57. The molecule has 8 fully saturated rings. The second kappa shape index (κ2) is 33.1. The van der Waals surface area contributed by atoms with Crippen LogP contribution in [-0.2, 0) is 58.3 Å². The van der Waals surface area contributed by atoms with Crippen LogP contribution in [0.4, 0.5) is 35.9 Å². The van der Waals surface area contributed by atoms with E-state index in [1.54, 1.807) is 74.5 Å². The van der Waals surface area contributed by atoms with Crippen molar-refractivity contribution in [3.8, 4) is 23.3 Å². The van der Waals surface area contributed by atoms with Gasteiger partial charge in [-0.15, -0.1) is 0 Å². The number of carbonyl (C=O) groups excluding carboxylic acids is 8. The van der Waals surface area contributed by atoms with Crippen LogP contribution >= 0.6 is 0 Å². The van der Waals surface area contributed by atoms with Crippen molar-refractivity contribution in [3.63, 3.8) is 0 Å². The number of halogens is 6. The highest BCUT2D eigenvalue weighted by Gasteiger charge is 2.66. The van der Waals surface area contributed by atoms with E-state index in [0.717, 1.165) is 35.5 Å². The predicted molar refractivity (Wildman–Crippen MR) is 420 cm³/mol. The molecule has 6 heterocycles. The largest absolute Gasteiger partial charge is 0.497 e. The summed E-state index contributed by atoms with van der Waals surface area (Å²) in [5.41, 5.74) is -7.60. The first-order valence-corrected chi connectivity index (χ1v) is 44.6. The quantitative estimate of drug-likeness (QED) is 0.0314. The predicted octanol–water partition coefficient (Wildman–Crippen LogP) is 9.98. The van der Waals surface area contributed by atoms with Crippen LogP contribution in [0.15, 0.2) is 60.7 Å². The standard InChI is InChI=1S/C82H104F6N12O18S2/c1-10-44-30-42(3)16-13-15-19-50-39-80(50,96-68(102)60-35-53(40-99(60)71(103)65(44)93-75(107)117-77(5,6)81(83,84)85)115-69-64(47-22-23-47)90-58-33-51(113-8)25-29-57(58)91-69)74(106)98-120(111,112)62-32-48(62)37-78(7,82(86,87)88)118-76(108)94-66-45(11-2)31-43(4)17-12-14-18-49-38-79(49,73(105)97-119(109,110)55-26-27-55)95-67(101)61-36-54(41-100(61)72(66)104)116-70-63(46-20-21-46)89-56-28-24-52(114-9)34-59(56)92-70/h14-15,18-19,24-25,28-29,33-34,42-50,53-55,60-62,65-66H,10-13,16-17,20-23,26-27,30-32,35-41H2,1-9H3,(H,93,107)(H,94,108)(H,95,101)(H,96,102)(H,97,105)(H,98,106). The highest BCUT2D eigenvalue weighted by atomic mass is 32.2. The summed E-state index contributed by atoms with van der Waals surface area (Å²) in [7, 11) is -6.18. The second-order valence-corrected chi connectivity index (χ2v) is 39.1. The molecule has 4 aromatic rings. The molecule has 17 unspecified atom stereocenters. The molecule has 6 saturated carbocycles. The molecule has 10 aliphatic rings. The monoisotopic (exact) mass is 1720 g/mol. The smallest absolute Gasteiger partial charge is 0.428 e. The fourth-order valence-corrected chi connectivity index (χ4v) is 20.5. The second-order valence-electron chi connectivity index (χ2n) is 35.3. The number of fused-ring (bicyclic) bond motifs is 6. The van der Waals surface area contributed by atoms with E-state index >= 15 is 37.1 Å². The number of methoxy groups -OCH3 is 2. The van der Waals surface area contributed by atoms with E-state index in [1.807, 2.05) is 18.6 Å². The first-order valence-electron chi connectivity index (χ1n) is 41.5. The van der Waals surface area contributed by atoms with Crippen molar-refractivity contribution >= 4 is 89.7 Å². The third-order valence-electron chi connectivity index (χ3n) is 25.6. The van der Waals surface area contributed by atoms with Crippen LogP contribution in [-0.4, -0.2) is 203 Å². The summed E-state index contributed by atoms with van der Waals surface area (Å²) in [6.45, 7) is 8.22. The Bertz CT molecular complexity index is 4990.